The molecule has 0 radical (unpaired) electrons. The van der Waals surface area contributed by atoms with Crippen molar-refractivity contribution < 1.29 is 9.90 Å². The number of likely N-dealkylation sites (tertiary alicyclic amines) is 1. The summed E-state index contributed by atoms with van der Waals surface area (Å²) in [5.74, 6) is 0.343. The second kappa shape index (κ2) is 5.51. The van der Waals surface area contributed by atoms with Crippen LogP contribution in [0.1, 0.15) is 25.8 Å². The Bertz CT molecular complexity index is 456. The minimum absolute atomic E-state index is 0.116. The van der Waals surface area contributed by atoms with E-state index in [1.54, 1.807) is 0 Å². The van der Waals surface area contributed by atoms with Crippen molar-refractivity contribution >= 4 is 17.5 Å². The highest BCUT2D eigenvalue weighted by atomic mass is 35.5. The first-order valence-corrected chi connectivity index (χ1v) is 6.99. The second-order valence-electron chi connectivity index (χ2n) is 5.72. The van der Waals surface area contributed by atoms with Gasteiger partial charge in [-0.05, 0) is 38.0 Å². The van der Waals surface area contributed by atoms with Gasteiger partial charge in [-0.15, -0.1) is 0 Å². The van der Waals surface area contributed by atoms with Crippen LogP contribution in [0.3, 0.4) is 0 Å². The summed E-state index contributed by atoms with van der Waals surface area (Å²) in [5.41, 5.74) is 0.406. The maximum absolute atomic E-state index is 12.6. The Labute approximate surface area is 119 Å². The zero-order chi connectivity index (χ0) is 14.0. The molecule has 3 nitrogen and oxygen atoms in total. The lowest BCUT2D eigenvalue weighted by atomic mass is 9.83. The summed E-state index contributed by atoms with van der Waals surface area (Å²) in [4.78, 5) is 14.5. The van der Waals surface area contributed by atoms with Crippen molar-refractivity contribution in [3.05, 3.63) is 34.9 Å². The average molecular weight is 282 g/mol. The SMILES string of the molecule is CC(C)(C(=O)N1CCC(CO)C1)c1ccc(Cl)cc1. The van der Waals surface area contributed by atoms with Gasteiger partial charge in [0.2, 0.25) is 5.91 Å². The molecule has 1 aliphatic rings. The minimum atomic E-state index is -0.561. The number of amides is 1. The Hall–Kier alpha value is -1.06. The third-order valence-electron chi connectivity index (χ3n) is 3.93. The van der Waals surface area contributed by atoms with E-state index in [9.17, 15) is 4.79 Å². The van der Waals surface area contributed by atoms with Crippen LogP contribution in [0.2, 0.25) is 5.02 Å². The normalized spacial score (nSPS) is 19.8. The largest absolute Gasteiger partial charge is 0.396 e. The molecule has 1 amide bonds. The van der Waals surface area contributed by atoms with Crippen LogP contribution in [0.5, 0.6) is 0 Å². The van der Waals surface area contributed by atoms with Gasteiger partial charge in [0.1, 0.15) is 0 Å². The summed E-state index contributed by atoms with van der Waals surface area (Å²) in [6.07, 6.45) is 0.888. The molecule has 1 fully saturated rings. The van der Waals surface area contributed by atoms with Gasteiger partial charge in [0.15, 0.2) is 0 Å². The van der Waals surface area contributed by atoms with E-state index in [2.05, 4.69) is 0 Å². The third kappa shape index (κ3) is 2.93. The second-order valence-corrected chi connectivity index (χ2v) is 6.16. The summed E-state index contributed by atoms with van der Waals surface area (Å²) in [6, 6.07) is 7.43. The molecule has 1 aromatic carbocycles. The molecule has 1 aromatic rings. The summed E-state index contributed by atoms with van der Waals surface area (Å²) in [7, 11) is 0. The molecule has 4 heteroatoms. The lowest BCUT2D eigenvalue weighted by Crippen LogP contribution is -2.42. The van der Waals surface area contributed by atoms with Crippen LogP contribution < -0.4 is 0 Å². The van der Waals surface area contributed by atoms with Crippen molar-refractivity contribution in [2.24, 2.45) is 5.92 Å². The first-order chi connectivity index (χ1) is 8.95. The lowest BCUT2D eigenvalue weighted by molar-refractivity contribution is -0.135. The van der Waals surface area contributed by atoms with Crippen LogP contribution in [-0.2, 0) is 10.2 Å². The molecule has 19 heavy (non-hydrogen) atoms. The van der Waals surface area contributed by atoms with Crippen molar-refractivity contribution in [3.8, 4) is 0 Å². The van der Waals surface area contributed by atoms with Crippen LogP contribution in [0.15, 0.2) is 24.3 Å². The minimum Gasteiger partial charge on any atom is -0.396 e. The predicted octanol–water partition coefficient (Wildman–Crippen LogP) is 2.46. The van der Waals surface area contributed by atoms with Gasteiger partial charge >= 0.3 is 0 Å². The quantitative estimate of drug-likeness (QED) is 0.925. The van der Waals surface area contributed by atoms with E-state index in [0.29, 0.717) is 11.6 Å². The van der Waals surface area contributed by atoms with E-state index in [1.165, 1.54) is 0 Å². The Kier molecular flexibility index (Phi) is 4.16. The number of aliphatic hydroxyl groups is 1. The Morgan fingerprint density at radius 3 is 2.58 bits per heavy atom. The van der Waals surface area contributed by atoms with E-state index in [0.717, 1.165) is 18.5 Å². The van der Waals surface area contributed by atoms with E-state index in [-0.39, 0.29) is 18.4 Å². The molecule has 0 aromatic heterocycles. The Morgan fingerprint density at radius 1 is 1.42 bits per heavy atom. The lowest BCUT2D eigenvalue weighted by Gasteiger charge is -2.29. The van der Waals surface area contributed by atoms with Crippen molar-refractivity contribution in [3.63, 3.8) is 0 Å². The van der Waals surface area contributed by atoms with Gasteiger partial charge in [0.05, 0.1) is 5.41 Å². The van der Waals surface area contributed by atoms with E-state index >= 15 is 0 Å². The molecule has 1 N–H and O–H groups in total. The standard InChI is InChI=1S/C15H20ClNO2/c1-15(2,12-3-5-13(16)6-4-12)14(19)17-8-7-11(9-17)10-18/h3-6,11,18H,7-10H2,1-2H3. The molecule has 0 aliphatic carbocycles. The van der Waals surface area contributed by atoms with Gasteiger partial charge in [-0.1, -0.05) is 23.7 Å². The van der Waals surface area contributed by atoms with Crippen LogP contribution in [-0.4, -0.2) is 35.6 Å². The highest BCUT2D eigenvalue weighted by Crippen LogP contribution is 2.29. The molecule has 1 aliphatic heterocycles. The molecule has 1 saturated heterocycles. The van der Waals surface area contributed by atoms with Gasteiger partial charge in [-0.25, -0.2) is 0 Å². The van der Waals surface area contributed by atoms with Crippen molar-refractivity contribution in [1.82, 2.24) is 4.90 Å². The van der Waals surface area contributed by atoms with Crippen molar-refractivity contribution in [2.45, 2.75) is 25.7 Å². The van der Waals surface area contributed by atoms with Gasteiger partial charge in [-0.3, -0.25) is 4.79 Å². The molecule has 0 bridgehead atoms. The predicted molar refractivity (Wildman–Crippen MR) is 76.3 cm³/mol. The number of aliphatic hydroxyl groups excluding tert-OH is 1. The van der Waals surface area contributed by atoms with Crippen LogP contribution >= 0.6 is 11.6 Å². The summed E-state index contributed by atoms with van der Waals surface area (Å²) < 4.78 is 0. The number of nitrogens with zero attached hydrogens (tertiary/aromatic N) is 1. The van der Waals surface area contributed by atoms with Crippen LogP contribution in [0.25, 0.3) is 0 Å². The van der Waals surface area contributed by atoms with Gasteiger partial charge in [0.25, 0.3) is 0 Å². The molecule has 1 atom stereocenters. The third-order valence-corrected chi connectivity index (χ3v) is 4.18. The number of carbonyl (C=O) groups is 1. The molecular formula is C15H20ClNO2. The maximum atomic E-state index is 12.6. The molecule has 1 unspecified atom stereocenters. The molecule has 0 spiro atoms. The van der Waals surface area contributed by atoms with Gasteiger partial charge < -0.3 is 10.0 Å². The van der Waals surface area contributed by atoms with Gasteiger partial charge in [0, 0.05) is 30.6 Å². The maximum Gasteiger partial charge on any atom is 0.232 e. The average Bonchev–Trinajstić information content (AvgIpc) is 2.87. The molecule has 104 valence electrons. The number of rotatable bonds is 3. The number of hydrogen-bond acceptors (Lipinski definition) is 2. The van der Waals surface area contributed by atoms with E-state index in [1.807, 2.05) is 43.0 Å². The summed E-state index contributed by atoms with van der Waals surface area (Å²) in [6.45, 7) is 5.42. The van der Waals surface area contributed by atoms with E-state index in [4.69, 9.17) is 16.7 Å². The fraction of sp³-hybridized carbons (Fsp3) is 0.533. The van der Waals surface area contributed by atoms with Crippen LogP contribution in [0.4, 0.5) is 0 Å². The van der Waals surface area contributed by atoms with Crippen molar-refractivity contribution in [1.29, 1.82) is 0 Å². The molecule has 0 saturated carbocycles. The van der Waals surface area contributed by atoms with Crippen molar-refractivity contribution in [2.75, 3.05) is 19.7 Å². The highest BCUT2D eigenvalue weighted by molar-refractivity contribution is 6.30. The smallest absolute Gasteiger partial charge is 0.232 e. The monoisotopic (exact) mass is 281 g/mol. The topological polar surface area (TPSA) is 40.5 Å². The fourth-order valence-corrected chi connectivity index (χ4v) is 2.68. The molecule has 1 heterocycles. The van der Waals surface area contributed by atoms with Gasteiger partial charge in [-0.2, -0.15) is 0 Å². The first-order valence-electron chi connectivity index (χ1n) is 6.61. The Morgan fingerprint density at radius 2 is 2.05 bits per heavy atom. The number of halogens is 1. The summed E-state index contributed by atoms with van der Waals surface area (Å²) >= 11 is 5.88. The zero-order valence-corrected chi connectivity index (χ0v) is 12.2. The zero-order valence-electron chi connectivity index (χ0n) is 11.4. The molecule has 2 rings (SSSR count). The highest BCUT2D eigenvalue weighted by Gasteiger charge is 2.36. The molecular weight excluding hydrogens is 262 g/mol. The fourth-order valence-electron chi connectivity index (χ4n) is 2.55. The summed E-state index contributed by atoms with van der Waals surface area (Å²) in [5, 5.41) is 9.84. The van der Waals surface area contributed by atoms with Crippen LogP contribution in [0, 0.1) is 5.92 Å². The number of hydrogen-bond donors (Lipinski definition) is 1. The Balaban J connectivity index is 2.15. The van der Waals surface area contributed by atoms with E-state index < -0.39 is 5.41 Å². The number of benzene rings is 1. The number of carbonyl (C=O) groups excluding carboxylic acids is 1. The first kappa shape index (κ1) is 14.4.